The van der Waals surface area contributed by atoms with Crippen molar-refractivity contribution in [2.75, 3.05) is 13.2 Å². The molecule has 2 aromatic rings. The second kappa shape index (κ2) is 15.1. The fraction of sp³-hybridized carbons (Fsp3) is 0.568. The first-order valence-corrected chi connectivity index (χ1v) is 20.5. The average Bonchev–Trinajstić information content (AvgIpc) is 2.87. The van der Waals surface area contributed by atoms with Crippen molar-refractivity contribution < 1.29 is 8.85 Å². The van der Waals surface area contributed by atoms with Crippen LogP contribution in [-0.2, 0) is 8.85 Å². The Morgan fingerprint density at radius 2 is 1.27 bits per heavy atom. The van der Waals surface area contributed by atoms with Crippen LogP contribution in [0, 0.1) is 11.8 Å². The van der Waals surface area contributed by atoms with Crippen molar-refractivity contribution in [1.82, 2.24) is 0 Å². The Labute approximate surface area is 255 Å². The summed E-state index contributed by atoms with van der Waals surface area (Å²) < 4.78 is 13.6. The van der Waals surface area contributed by atoms with Crippen molar-refractivity contribution in [3.8, 4) is 0 Å². The molecule has 2 rings (SSSR count). The molecule has 2 nitrogen and oxygen atoms in total. The molecule has 0 radical (unpaired) electrons. The Morgan fingerprint density at radius 1 is 0.756 bits per heavy atom. The van der Waals surface area contributed by atoms with Gasteiger partial charge in [-0.05, 0) is 78.5 Å². The Hall–Kier alpha value is -1.73. The van der Waals surface area contributed by atoms with Crippen LogP contribution in [0.3, 0.4) is 0 Å². The van der Waals surface area contributed by atoms with Gasteiger partial charge < -0.3 is 8.85 Å². The molecule has 0 amide bonds. The van der Waals surface area contributed by atoms with Crippen LogP contribution in [0.15, 0.2) is 84.0 Å². The van der Waals surface area contributed by atoms with Gasteiger partial charge in [0.1, 0.15) is 0 Å². The number of hydrogen-bond acceptors (Lipinski definition) is 2. The van der Waals surface area contributed by atoms with Crippen molar-refractivity contribution in [1.29, 1.82) is 0 Å². The first-order valence-electron chi connectivity index (χ1n) is 15.7. The van der Waals surface area contributed by atoms with E-state index in [-0.39, 0.29) is 10.1 Å². The Balaban J connectivity index is 2.01. The highest BCUT2D eigenvalue weighted by atomic mass is 28.4. The summed E-state index contributed by atoms with van der Waals surface area (Å²) in [5.74, 6) is 1.14. The number of rotatable bonds is 14. The van der Waals surface area contributed by atoms with E-state index in [1.165, 1.54) is 27.9 Å². The molecule has 0 saturated carbocycles. The highest BCUT2D eigenvalue weighted by Gasteiger charge is 2.50. The number of allylic oxidation sites excluding steroid dienone is 3. The minimum absolute atomic E-state index is 0.00167. The maximum atomic E-state index is 7.11. The molecule has 4 heteroatoms. The molecular weight excluding hydrogens is 533 g/mol. The van der Waals surface area contributed by atoms with Crippen LogP contribution in [-0.4, -0.2) is 29.8 Å². The summed E-state index contributed by atoms with van der Waals surface area (Å²) in [6, 6.07) is 21.8. The zero-order valence-corrected chi connectivity index (χ0v) is 30.4. The van der Waals surface area contributed by atoms with Crippen molar-refractivity contribution in [3.05, 3.63) is 84.0 Å². The summed E-state index contributed by atoms with van der Waals surface area (Å²) in [6.45, 7) is 29.4. The minimum atomic E-state index is -2.50. The summed E-state index contributed by atoms with van der Waals surface area (Å²) in [5, 5.41) is 2.94. The van der Waals surface area contributed by atoms with Gasteiger partial charge in [-0.2, -0.15) is 0 Å². The SMILES string of the molecule is CC(=CC(C)CC(C)CO[Si](C)(C)C(C)(C)C)CC/C=C(\C)CO[Si](c1ccccc1)(c1ccccc1)C(C)(C)C. The lowest BCUT2D eigenvalue weighted by Crippen LogP contribution is -2.66. The van der Waals surface area contributed by atoms with Crippen LogP contribution in [0.25, 0.3) is 0 Å². The van der Waals surface area contributed by atoms with Crippen molar-refractivity contribution >= 4 is 27.0 Å². The van der Waals surface area contributed by atoms with Gasteiger partial charge in [0.05, 0.1) is 6.61 Å². The zero-order valence-electron chi connectivity index (χ0n) is 28.4. The van der Waals surface area contributed by atoms with Gasteiger partial charge in [-0.1, -0.05) is 139 Å². The number of benzene rings is 2. The van der Waals surface area contributed by atoms with E-state index >= 15 is 0 Å². The van der Waals surface area contributed by atoms with E-state index in [0.29, 0.717) is 18.4 Å². The molecule has 0 saturated heterocycles. The fourth-order valence-corrected chi connectivity index (χ4v) is 11.2. The van der Waals surface area contributed by atoms with Crippen molar-refractivity contribution in [2.24, 2.45) is 11.8 Å². The summed E-state index contributed by atoms with van der Waals surface area (Å²) in [6.07, 6.45) is 8.18. The summed E-state index contributed by atoms with van der Waals surface area (Å²) in [4.78, 5) is 0. The molecule has 2 atom stereocenters. The van der Waals surface area contributed by atoms with Gasteiger partial charge in [0.25, 0.3) is 8.32 Å². The van der Waals surface area contributed by atoms with Gasteiger partial charge in [0.2, 0.25) is 0 Å². The lowest BCUT2D eigenvalue weighted by atomic mass is 9.95. The predicted molar refractivity (Wildman–Crippen MR) is 186 cm³/mol. The van der Waals surface area contributed by atoms with Gasteiger partial charge in [-0.25, -0.2) is 0 Å². The Kier molecular flexibility index (Phi) is 13.1. The first-order chi connectivity index (χ1) is 19.0. The highest BCUT2D eigenvalue weighted by molar-refractivity contribution is 6.99. The lowest BCUT2D eigenvalue weighted by Gasteiger charge is -2.43. The van der Waals surface area contributed by atoms with Crippen LogP contribution in [0.2, 0.25) is 23.2 Å². The van der Waals surface area contributed by atoms with Gasteiger partial charge in [-0.3, -0.25) is 0 Å². The van der Waals surface area contributed by atoms with E-state index in [4.69, 9.17) is 8.85 Å². The Morgan fingerprint density at radius 3 is 1.73 bits per heavy atom. The molecule has 0 spiro atoms. The monoisotopic (exact) mass is 592 g/mol. The molecule has 0 aliphatic carbocycles. The lowest BCUT2D eigenvalue weighted by molar-refractivity contribution is 0.223. The quantitative estimate of drug-likeness (QED) is 0.160. The molecule has 0 heterocycles. The average molecular weight is 593 g/mol. The molecule has 0 N–H and O–H groups in total. The molecular formula is C37H60O2Si2. The van der Waals surface area contributed by atoms with Crippen molar-refractivity contribution in [3.63, 3.8) is 0 Å². The van der Waals surface area contributed by atoms with Crippen LogP contribution in [0.4, 0.5) is 0 Å². The second-order valence-electron chi connectivity index (χ2n) is 14.9. The van der Waals surface area contributed by atoms with Crippen LogP contribution < -0.4 is 10.4 Å². The van der Waals surface area contributed by atoms with Crippen LogP contribution in [0.1, 0.15) is 88.5 Å². The third-order valence-corrected chi connectivity index (χ3v) is 18.3. The summed E-state index contributed by atoms with van der Waals surface area (Å²) in [7, 11) is -4.18. The molecule has 2 aromatic carbocycles. The van der Waals surface area contributed by atoms with Gasteiger partial charge >= 0.3 is 0 Å². The third-order valence-electron chi connectivity index (χ3n) is 8.84. The third kappa shape index (κ3) is 10.2. The minimum Gasteiger partial charge on any atom is -0.417 e. The molecule has 0 fully saturated rings. The van der Waals surface area contributed by atoms with Crippen LogP contribution >= 0.6 is 0 Å². The topological polar surface area (TPSA) is 18.5 Å². The van der Waals surface area contributed by atoms with Crippen LogP contribution in [0.5, 0.6) is 0 Å². The molecule has 0 aliphatic heterocycles. The maximum Gasteiger partial charge on any atom is 0.261 e. The summed E-state index contributed by atoms with van der Waals surface area (Å²) in [5.41, 5.74) is 2.79. The maximum absolute atomic E-state index is 7.11. The first kappa shape index (κ1) is 35.5. The summed E-state index contributed by atoms with van der Waals surface area (Å²) >= 11 is 0. The van der Waals surface area contributed by atoms with Gasteiger partial charge in [0, 0.05) is 6.61 Å². The van der Waals surface area contributed by atoms with Gasteiger partial charge in [-0.15, -0.1) is 0 Å². The zero-order chi connectivity index (χ0) is 30.9. The number of hydrogen-bond donors (Lipinski definition) is 0. The molecule has 41 heavy (non-hydrogen) atoms. The van der Waals surface area contributed by atoms with Crippen molar-refractivity contribution in [2.45, 2.75) is 112 Å². The van der Waals surface area contributed by atoms with E-state index < -0.39 is 16.6 Å². The smallest absolute Gasteiger partial charge is 0.261 e. The van der Waals surface area contributed by atoms with E-state index in [1.54, 1.807) is 0 Å². The standard InChI is InChI=1S/C37H60O2Si2/c1-30(26-32(3)27-33(4)29-38-40(11,12)36(5,6)7)20-19-21-31(2)28-39-41(37(8,9)10,34-22-15-13-16-23-34)35-24-17-14-18-25-35/h13-18,21-26,32-33H,19-20,27-29H2,1-12H3/b30-26?,31-21+. The molecule has 228 valence electrons. The molecule has 0 bridgehead atoms. The highest BCUT2D eigenvalue weighted by Crippen LogP contribution is 2.38. The van der Waals surface area contributed by atoms with E-state index in [1.807, 2.05) is 0 Å². The predicted octanol–water partition coefficient (Wildman–Crippen LogP) is 9.92. The normalized spacial score (nSPS) is 15.6. The Bertz CT molecular complexity index is 1070. The molecule has 0 aromatic heterocycles. The largest absolute Gasteiger partial charge is 0.417 e. The van der Waals surface area contributed by atoms with E-state index in [2.05, 4.69) is 155 Å². The van der Waals surface area contributed by atoms with E-state index in [9.17, 15) is 0 Å². The van der Waals surface area contributed by atoms with E-state index in [0.717, 1.165) is 19.4 Å². The molecule has 0 aliphatic rings. The van der Waals surface area contributed by atoms with Gasteiger partial charge in [0.15, 0.2) is 8.32 Å². The fourth-order valence-electron chi connectivity index (χ4n) is 5.50. The second-order valence-corrected chi connectivity index (χ2v) is 24.1. The molecule has 2 unspecified atom stereocenters.